The van der Waals surface area contributed by atoms with Crippen LogP contribution >= 0.6 is 11.6 Å². The summed E-state index contributed by atoms with van der Waals surface area (Å²) in [5, 5.41) is 8.36. The van der Waals surface area contributed by atoms with Crippen LogP contribution in [0.4, 0.5) is 0 Å². The fraction of sp³-hybridized carbons (Fsp3) is 0.769. The average molecular weight is 285 g/mol. The average Bonchev–Trinajstić information content (AvgIpc) is 2.85. The van der Waals surface area contributed by atoms with Crippen LogP contribution in [0.1, 0.15) is 12.8 Å². The lowest BCUT2D eigenvalue weighted by atomic mass is 9.90. The van der Waals surface area contributed by atoms with Crippen LogP contribution in [0, 0.1) is 0 Å². The van der Waals surface area contributed by atoms with Crippen LogP contribution in [0.5, 0.6) is 0 Å². The van der Waals surface area contributed by atoms with Gasteiger partial charge in [-0.3, -0.25) is 4.68 Å². The molecule has 3 heterocycles. The molecule has 2 aliphatic heterocycles. The van der Waals surface area contributed by atoms with Gasteiger partial charge < -0.3 is 15.0 Å². The summed E-state index contributed by atoms with van der Waals surface area (Å²) in [5.74, 6) is 0. The van der Waals surface area contributed by atoms with E-state index in [4.69, 9.17) is 16.3 Å². The number of rotatable bonds is 3. The van der Waals surface area contributed by atoms with Crippen molar-refractivity contribution in [1.82, 2.24) is 20.0 Å². The quantitative estimate of drug-likeness (QED) is 0.899. The molecule has 19 heavy (non-hydrogen) atoms. The highest BCUT2D eigenvalue weighted by Crippen LogP contribution is 2.27. The molecule has 2 saturated heterocycles. The normalized spacial score (nSPS) is 23.8. The Morgan fingerprint density at radius 2 is 2.21 bits per heavy atom. The second-order valence-electron chi connectivity index (χ2n) is 5.47. The third kappa shape index (κ3) is 3.28. The maximum atomic E-state index is 6.00. The summed E-state index contributed by atoms with van der Waals surface area (Å²) in [6, 6.07) is 0. The molecule has 0 saturated carbocycles. The highest BCUT2D eigenvalue weighted by molar-refractivity contribution is 6.30. The number of morpholine rings is 1. The van der Waals surface area contributed by atoms with E-state index in [2.05, 4.69) is 15.3 Å². The molecule has 0 bridgehead atoms. The molecule has 1 aromatic rings. The van der Waals surface area contributed by atoms with E-state index in [0.29, 0.717) is 5.02 Å². The van der Waals surface area contributed by atoms with Crippen LogP contribution in [-0.2, 0) is 11.3 Å². The minimum Gasteiger partial charge on any atom is -0.372 e. The molecule has 2 aliphatic rings. The van der Waals surface area contributed by atoms with Gasteiger partial charge in [-0.05, 0) is 12.8 Å². The van der Waals surface area contributed by atoms with E-state index >= 15 is 0 Å². The lowest BCUT2D eigenvalue weighted by molar-refractivity contribution is -0.0997. The Hall–Kier alpha value is -0.620. The number of piperidine rings is 1. The topological polar surface area (TPSA) is 42.3 Å². The molecule has 0 aromatic carbocycles. The van der Waals surface area contributed by atoms with Gasteiger partial charge >= 0.3 is 0 Å². The van der Waals surface area contributed by atoms with Gasteiger partial charge in [-0.2, -0.15) is 5.10 Å². The summed E-state index contributed by atoms with van der Waals surface area (Å²) in [6.45, 7) is 7.00. The Morgan fingerprint density at radius 3 is 2.84 bits per heavy atom. The molecule has 0 unspecified atom stereocenters. The molecule has 106 valence electrons. The summed E-state index contributed by atoms with van der Waals surface area (Å²) in [6.07, 6.45) is 5.81. The van der Waals surface area contributed by atoms with Crippen molar-refractivity contribution in [3.05, 3.63) is 17.4 Å². The summed E-state index contributed by atoms with van der Waals surface area (Å²) in [7, 11) is 0. The van der Waals surface area contributed by atoms with Crippen LogP contribution < -0.4 is 5.32 Å². The minimum atomic E-state index is 0.101. The largest absolute Gasteiger partial charge is 0.372 e. The van der Waals surface area contributed by atoms with Crippen molar-refractivity contribution < 1.29 is 4.74 Å². The Kier molecular flexibility index (Phi) is 4.07. The SMILES string of the molecule is Clc1cnn(CCN2CCC3(CC2)CNCCO3)c1. The van der Waals surface area contributed by atoms with Crippen molar-refractivity contribution >= 4 is 11.6 Å². The van der Waals surface area contributed by atoms with E-state index in [1.807, 2.05) is 10.9 Å². The van der Waals surface area contributed by atoms with Crippen molar-refractivity contribution in [1.29, 1.82) is 0 Å². The number of likely N-dealkylation sites (tertiary alicyclic amines) is 1. The molecular formula is C13H21ClN4O. The second-order valence-corrected chi connectivity index (χ2v) is 5.91. The van der Waals surface area contributed by atoms with Crippen molar-refractivity contribution in [2.45, 2.75) is 25.0 Å². The van der Waals surface area contributed by atoms with Crippen molar-refractivity contribution in [3.63, 3.8) is 0 Å². The maximum Gasteiger partial charge on any atom is 0.0831 e. The molecule has 1 aromatic heterocycles. The fourth-order valence-corrected chi connectivity index (χ4v) is 3.07. The number of halogens is 1. The first-order chi connectivity index (χ1) is 9.26. The predicted molar refractivity (Wildman–Crippen MR) is 74.5 cm³/mol. The van der Waals surface area contributed by atoms with Gasteiger partial charge in [-0.1, -0.05) is 11.6 Å². The fourth-order valence-electron chi connectivity index (χ4n) is 2.92. The van der Waals surface area contributed by atoms with Gasteiger partial charge in [0.25, 0.3) is 0 Å². The van der Waals surface area contributed by atoms with Crippen LogP contribution in [-0.4, -0.2) is 59.6 Å². The van der Waals surface area contributed by atoms with Gasteiger partial charge in [-0.25, -0.2) is 0 Å². The van der Waals surface area contributed by atoms with E-state index in [1.165, 1.54) is 0 Å². The molecule has 3 rings (SSSR count). The zero-order valence-corrected chi connectivity index (χ0v) is 11.9. The van der Waals surface area contributed by atoms with Crippen molar-refractivity contribution in [3.8, 4) is 0 Å². The summed E-state index contributed by atoms with van der Waals surface area (Å²) in [5.41, 5.74) is 0.101. The molecular weight excluding hydrogens is 264 g/mol. The number of hydrogen-bond donors (Lipinski definition) is 1. The van der Waals surface area contributed by atoms with Crippen LogP contribution in [0.25, 0.3) is 0 Å². The third-order valence-electron chi connectivity index (χ3n) is 4.15. The van der Waals surface area contributed by atoms with Gasteiger partial charge in [0.1, 0.15) is 0 Å². The first-order valence-electron chi connectivity index (χ1n) is 7.01. The number of aromatic nitrogens is 2. The Labute approximate surface area is 118 Å². The van der Waals surface area contributed by atoms with Crippen LogP contribution in [0.15, 0.2) is 12.4 Å². The molecule has 0 radical (unpaired) electrons. The first-order valence-corrected chi connectivity index (χ1v) is 7.39. The first kappa shape index (κ1) is 13.4. The minimum absolute atomic E-state index is 0.101. The van der Waals surface area contributed by atoms with Crippen LogP contribution in [0.2, 0.25) is 5.02 Å². The van der Waals surface area contributed by atoms with E-state index in [9.17, 15) is 0 Å². The van der Waals surface area contributed by atoms with Gasteiger partial charge in [0.2, 0.25) is 0 Å². The van der Waals surface area contributed by atoms with Gasteiger partial charge in [-0.15, -0.1) is 0 Å². The van der Waals surface area contributed by atoms with E-state index in [0.717, 1.165) is 58.7 Å². The molecule has 1 spiro atoms. The molecule has 0 amide bonds. The molecule has 0 aliphatic carbocycles. The summed E-state index contributed by atoms with van der Waals surface area (Å²) < 4.78 is 7.90. The van der Waals surface area contributed by atoms with Crippen LogP contribution in [0.3, 0.4) is 0 Å². The summed E-state index contributed by atoms with van der Waals surface area (Å²) in [4.78, 5) is 2.48. The van der Waals surface area contributed by atoms with Crippen molar-refractivity contribution in [2.75, 3.05) is 39.3 Å². The second kappa shape index (κ2) is 5.79. The van der Waals surface area contributed by atoms with E-state index < -0.39 is 0 Å². The predicted octanol–water partition coefficient (Wildman–Crippen LogP) is 0.991. The standard InChI is InChI=1S/C13H21ClN4O/c14-12-9-16-18(10-12)7-6-17-4-1-13(2-5-17)11-15-3-8-19-13/h9-10,15H,1-8,11H2. The zero-order chi connectivity index (χ0) is 13.1. The number of nitrogens with zero attached hydrogens (tertiary/aromatic N) is 3. The molecule has 6 heteroatoms. The van der Waals surface area contributed by atoms with Gasteiger partial charge in [0.05, 0.1) is 30.0 Å². The number of hydrogen-bond acceptors (Lipinski definition) is 4. The molecule has 2 fully saturated rings. The van der Waals surface area contributed by atoms with E-state index in [-0.39, 0.29) is 5.60 Å². The molecule has 1 N–H and O–H groups in total. The zero-order valence-electron chi connectivity index (χ0n) is 11.1. The van der Waals surface area contributed by atoms with E-state index in [1.54, 1.807) is 6.20 Å². The third-order valence-corrected chi connectivity index (χ3v) is 4.34. The number of ether oxygens (including phenoxy) is 1. The number of nitrogens with one attached hydrogen (secondary N) is 1. The lowest BCUT2D eigenvalue weighted by Gasteiger charge is -2.44. The molecule has 0 atom stereocenters. The highest BCUT2D eigenvalue weighted by atomic mass is 35.5. The lowest BCUT2D eigenvalue weighted by Crippen LogP contribution is -2.55. The maximum absolute atomic E-state index is 6.00. The van der Waals surface area contributed by atoms with Gasteiger partial charge in [0.15, 0.2) is 0 Å². The molecule has 5 nitrogen and oxygen atoms in total. The van der Waals surface area contributed by atoms with Gasteiger partial charge in [0, 0.05) is 38.9 Å². The Bertz CT molecular complexity index is 407. The Balaban J connectivity index is 1.45. The highest BCUT2D eigenvalue weighted by Gasteiger charge is 2.36. The summed E-state index contributed by atoms with van der Waals surface area (Å²) >= 11 is 5.86. The smallest absolute Gasteiger partial charge is 0.0831 e. The van der Waals surface area contributed by atoms with Crippen molar-refractivity contribution in [2.24, 2.45) is 0 Å². The Morgan fingerprint density at radius 1 is 1.37 bits per heavy atom. The monoisotopic (exact) mass is 284 g/mol.